The predicted molar refractivity (Wildman–Crippen MR) is 106 cm³/mol. The number of ether oxygens (including phenoxy) is 1. The number of rotatable bonds is 4. The van der Waals surface area contributed by atoms with Crippen molar-refractivity contribution in [3.05, 3.63) is 18.2 Å². The van der Waals surface area contributed by atoms with E-state index in [1.165, 1.54) is 4.31 Å². The molecule has 0 spiro atoms. The number of morpholine rings is 1. The zero-order valence-electron chi connectivity index (χ0n) is 15.1. The van der Waals surface area contributed by atoms with E-state index in [1.54, 1.807) is 11.3 Å². The first-order chi connectivity index (χ1) is 12.9. The molecule has 4 rings (SSSR count). The van der Waals surface area contributed by atoms with Crippen LogP contribution in [0.15, 0.2) is 18.2 Å². The Morgan fingerprint density at radius 1 is 1.30 bits per heavy atom. The van der Waals surface area contributed by atoms with Gasteiger partial charge in [0, 0.05) is 25.3 Å². The molecule has 27 heavy (non-hydrogen) atoms. The minimum absolute atomic E-state index is 0.282. The number of nitrogens with zero attached hydrogens (tertiary/aromatic N) is 3. The average Bonchev–Trinajstić information content (AvgIpc) is 3.29. The Morgan fingerprint density at radius 2 is 2.07 bits per heavy atom. The van der Waals surface area contributed by atoms with E-state index in [9.17, 15) is 13.2 Å². The Kier molecular flexibility index (Phi) is 5.06. The summed E-state index contributed by atoms with van der Waals surface area (Å²) in [5, 5.41) is 3.82. The Labute approximate surface area is 162 Å². The van der Waals surface area contributed by atoms with Gasteiger partial charge in [0.1, 0.15) is 6.04 Å². The van der Waals surface area contributed by atoms with Crippen LogP contribution in [0.4, 0.5) is 10.8 Å². The third-order valence-electron chi connectivity index (χ3n) is 4.86. The van der Waals surface area contributed by atoms with Gasteiger partial charge in [0.2, 0.25) is 15.9 Å². The zero-order chi connectivity index (χ0) is 19.0. The van der Waals surface area contributed by atoms with Crippen LogP contribution in [0.5, 0.6) is 0 Å². The fraction of sp³-hybridized carbons (Fsp3) is 0.529. The maximum Gasteiger partial charge on any atom is 0.242 e. The Balaban J connectivity index is 1.51. The highest BCUT2D eigenvalue weighted by Crippen LogP contribution is 2.31. The number of hydrogen-bond donors (Lipinski definition) is 1. The molecule has 0 radical (unpaired) electrons. The fourth-order valence-electron chi connectivity index (χ4n) is 3.50. The van der Waals surface area contributed by atoms with E-state index in [1.807, 2.05) is 18.2 Å². The first-order valence-electron chi connectivity index (χ1n) is 8.93. The molecular formula is C17H22N4O4S2. The Morgan fingerprint density at radius 3 is 2.81 bits per heavy atom. The lowest BCUT2D eigenvalue weighted by Crippen LogP contribution is -2.42. The first-order valence-corrected chi connectivity index (χ1v) is 11.6. The molecule has 0 bridgehead atoms. The van der Waals surface area contributed by atoms with Gasteiger partial charge in [0.05, 0.1) is 29.7 Å². The van der Waals surface area contributed by atoms with Gasteiger partial charge in [-0.25, -0.2) is 13.4 Å². The minimum atomic E-state index is -3.38. The minimum Gasteiger partial charge on any atom is -0.378 e. The lowest BCUT2D eigenvalue weighted by Gasteiger charge is -2.25. The van der Waals surface area contributed by atoms with E-state index < -0.39 is 16.1 Å². The van der Waals surface area contributed by atoms with Crippen LogP contribution in [0.2, 0.25) is 0 Å². The van der Waals surface area contributed by atoms with Crippen molar-refractivity contribution in [3.8, 4) is 0 Å². The van der Waals surface area contributed by atoms with Gasteiger partial charge in [-0.15, -0.1) is 0 Å². The maximum absolute atomic E-state index is 12.6. The highest BCUT2D eigenvalue weighted by Gasteiger charge is 2.36. The third kappa shape index (κ3) is 3.93. The quantitative estimate of drug-likeness (QED) is 0.821. The van der Waals surface area contributed by atoms with Crippen LogP contribution in [-0.4, -0.2) is 68.8 Å². The van der Waals surface area contributed by atoms with E-state index in [-0.39, 0.29) is 5.91 Å². The molecule has 2 aliphatic heterocycles. The van der Waals surface area contributed by atoms with Crippen LogP contribution in [0.1, 0.15) is 12.8 Å². The van der Waals surface area contributed by atoms with Crippen molar-refractivity contribution >= 4 is 48.3 Å². The van der Waals surface area contributed by atoms with Gasteiger partial charge in [-0.2, -0.15) is 4.31 Å². The van der Waals surface area contributed by atoms with Gasteiger partial charge in [0.15, 0.2) is 5.13 Å². The van der Waals surface area contributed by atoms with Crippen molar-refractivity contribution in [2.45, 2.75) is 18.9 Å². The molecular weight excluding hydrogens is 388 g/mol. The SMILES string of the molecule is CS(=O)(=O)N1CCC[C@H]1C(=O)Nc1ccc2nc(N3CCOCC3)sc2c1. The highest BCUT2D eigenvalue weighted by atomic mass is 32.2. The molecule has 1 atom stereocenters. The molecule has 2 aliphatic rings. The summed E-state index contributed by atoms with van der Waals surface area (Å²) in [5.74, 6) is -0.282. The number of amides is 1. The number of carbonyl (C=O) groups excluding carboxylic acids is 1. The topological polar surface area (TPSA) is 91.8 Å². The number of thiazole rings is 1. The molecule has 1 N–H and O–H groups in total. The Hall–Kier alpha value is -1.75. The normalized spacial score (nSPS) is 21.7. The molecule has 3 heterocycles. The number of sulfonamides is 1. The second-order valence-electron chi connectivity index (χ2n) is 6.80. The summed E-state index contributed by atoms with van der Waals surface area (Å²) in [6.45, 7) is 3.46. The van der Waals surface area contributed by atoms with Crippen LogP contribution < -0.4 is 10.2 Å². The number of benzene rings is 1. The van der Waals surface area contributed by atoms with Crippen molar-refractivity contribution in [1.82, 2.24) is 9.29 Å². The summed E-state index contributed by atoms with van der Waals surface area (Å²) in [4.78, 5) is 19.5. The molecule has 1 aromatic heterocycles. The standard InChI is InChI=1S/C17H22N4O4S2/c1-27(23,24)21-6-2-3-14(21)16(22)18-12-4-5-13-15(11-12)26-17(19-13)20-7-9-25-10-8-20/h4-5,11,14H,2-3,6-10H2,1H3,(H,18,22)/t14-/m0/s1. The molecule has 2 fully saturated rings. The van der Waals surface area contributed by atoms with E-state index in [4.69, 9.17) is 4.74 Å². The lowest BCUT2D eigenvalue weighted by atomic mass is 10.2. The van der Waals surface area contributed by atoms with Gasteiger partial charge < -0.3 is 15.0 Å². The number of fused-ring (bicyclic) bond motifs is 1. The number of carbonyl (C=O) groups is 1. The predicted octanol–water partition coefficient (Wildman–Crippen LogP) is 1.50. The van der Waals surface area contributed by atoms with E-state index in [0.717, 1.165) is 34.7 Å². The second-order valence-corrected chi connectivity index (χ2v) is 9.74. The van der Waals surface area contributed by atoms with Gasteiger partial charge in [-0.3, -0.25) is 4.79 Å². The molecule has 0 aliphatic carbocycles. The lowest BCUT2D eigenvalue weighted by molar-refractivity contribution is -0.119. The van der Waals surface area contributed by atoms with Crippen LogP contribution in [0.25, 0.3) is 10.2 Å². The van der Waals surface area contributed by atoms with Crippen molar-refractivity contribution in [3.63, 3.8) is 0 Å². The van der Waals surface area contributed by atoms with Crippen molar-refractivity contribution in [1.29, 1.82) is 0 Å². The molecule has 2 saturated heterocycles. The average molecular weight is 411 g/mol. The molecule has 1 amide bonds. The molecule has 0 saturated carbocycles. The van der Waals surface area contributed by atoms with Crippen LogP contribution in [-0.2, 0) is 19.6 Å². The second kappa shape index (κ2) is 7.34. The van der Waals surface area contributed by atoms with Crippen molar-refractivity contribution in [2.24, 2.45) is 0 Å². The van der Waals surface area contributed by atoms with Gasteiger partial charge in [-0.05, 0) is 31.0 Å². The summed E-state index contributed by atoms with van der Waals surface area (Å²) >= 11 is 1.58. The number of hydrogen-bond acceptors (Lipinski definition) is 7. The fourth-order valence-corrected chi connectivity index (χ4v) is 5.69. The molecule has 10 heteroatoms. The van der Waals surface area contributed by atoms with Gasteiger partial charge in [0.25, 0.3) is 0 Å². The zero-order valence-corrected chi connectivity index (χ0v) is 16.7. The molecule has 146 valence electrons. The monoisotopic (exact) mass is 410 g/mol. The summed E-state index contributed by atoms with van der Waals surface area (Å²) < 4.78 is 31.4. The Bertz CT molecular complexity index is 953. The molecule has 1 aromatic carbocycles. The van der Waals surface area contributed by atoms with E-state index in [0.29, 0.717) is 38.3 Å². The van der Waals surface area contributed by atoms with Gasteiger partial charge in [-0.1, -0.05) is 11.3 Å². The molecule has 8 nitrogen and oxygen atoms in total. The summed E-state index contributed by atoms with van der Waals surface area (Å²) in [6, 6.07) is 4.95. The summed E-state index contributed by atoms with van der Waals surface area (Å²) in [7, 11) is -3.38. The highest BCUT2D eigenvalue weighted by molar-refractivity contribution is 7.88. The van der Waals surface area contributed by atoms with E-state index >= 15 is 0 Å². The number of nitrogens with one attached hydrogen (secondary N) is 1. The maximum atomic E-state index is 12.6. The van der Waals surface area contributed by atoms with Crippen molar-refractivity contribution in [2.75, 3.05) is 49.3 Å². The molecule has 2 aromatic rings. The largest absolute Gasteiger partial charge is 0.378 e. The van der Waals surface area contributed by atoms with Gasteiger partial charge >= 0.3 is 0 Å². The number of anilines is 2. The van der Waals surface area contributed by atoms with E-state index in [2.05, 4.69) is 15.2 Å². The molecule has 0 unspecified atom stereocenters. The third-order valence-corrected chi connectivity index (χ3v) is 7.23. The first kappa shape index (κ1) is 18.6. The van der Waals surface area contributed by atoms with Crippen LogP contribution >= 0.6 is 11.3 Å². The summed E-state index contributed by atoms with van der Waals surface area (Å²) in [6.07, 6.45) is 2.39. The van der Waals surface area contributed by atoms with Crippen LogP contribution in [0.3, 0.4) is 0 Å². The smallest absolute Gasteiger partial charge is 0.242 e. The number of aromatic nitrogens is 1. The van der Waals surface area contributed by atoms with Crippen LogP contribution in [0, 0.1) is 0 Å². The van der Waals surface area contributed by atoms with Crippen molar-refractivity contribution < 1.29 is 17.9 Å². The summed E-state index contributed by atoms with van der Waals surface area (Å²) in [5.41, 5.74) is 1.54.